The summed E-state index contributed by atoms with van der Waals surface area (Å²) in [4.78, 5) is 25.0. The molecule has 2 aromatic rings. The fourth-order valence-electron chi connectivity index (χ4n) is 3.48. The van der Waals surface area contributed by atoms with Gasteiger partial charge in [0.25, 0.3) is 5.91 Å². The van der Waals surface area contributed by atoms with Gasteiger partial charge in [-0.2, -0.15) is 0 Å². The minimum Gasteiger partial charge on any atom is -0.385 e. The average Bonchev–Trinajstić information content (AvgIpc) is 2.73. The van der Waals surface area contributed by atoms with E-state index in [1.807, 2.05) is 32.0 Å². The summed E-state index contributed by atoms with van der Waals surface area (Å²) in [6.07, 6.45) is 2.29. The molecule has 0 aromatic heterocycles. The number of sulfonamides is 1. The van der Waals surface area contributed by atoms with Crippen molar-refractivity contribution in [1.29, 1.82) is 0 Å². The minimum atomic E-state index is -3.50. The zero-order chi connectivity index (χ0) is 24.4. The summed E-state index contributed by atoms with van der Waals surface area (Å²) in [5.74, 6) is -0.566. The summed E-state index contributed by atoms with van der Waals surface area (Å²) < 4.78 is 31.0. The molecule has 9 heteroatoms. The van der Waals surface area contributed by atoms with Crippen molar-refractivity contribution in [2.75, 3.05) is 42.7 Å². The third-order valence-corrected chi connectivity index (χ3v) is 6.11. The summed E-state index contributed by atoms with van der Waals surface area (Å²) in [7, 11) is -1.90. The molecular weight excluding hydrogens is 442 g/mol. The van der Waals surface area contributed by atoms with E-state index < -0.39 is 10.0 Å². The van der Waals surface area contributed by atoms with Gasteiger partial charge < -0.3 is 15.4 Å². The molecule has 0 bridgehead atoms. The van der Waals surface area contributed by atoms with Crippen LogP contribution in [0.1, 0.15) is 40.7 Å². The third-order valence-electron chi connectivity index (χ3n) is 4.92. The first kappa shape index (κ1) is 26.3. The molecule has 0 aliphatic heterocycles. The molecule has 0 atom stereocenters. The van der Waals surface area contributed by atoms with Crippen LogP contribution in [0.25, 0.3) is 0 Å². The third kappa shape index (κ3) is 8.51. The molecule has 0 spiro atoms. The maximum absolute atomic E-state index is 12.5. The van der Waals surface area contributed by atoms with Crippen LogP contribution in [0.15, 0.2) is 42.5 Å². The van der Waals surface area contributed by atoms with Crippen molar-refractivity contribution >= 4 is 33.2 Å². The SMILES string of the molecule is COCCCNC(=O)c1ccccc1NC(=O)CCCN(c1cc(C)cc(C)c1)S(C)(=O)=O. The van der Waals surface area contributed by atoms with E-state index in [1.54, 1.807) is 31.4 Å². The van der Waals surface area contributed by atoms with Crippen molar-refractivity contribution in [1.82, 2.24) is 5.32 Å². The second-order valence-electron chi connectivity index (χ2n) is 7.98. The van der Waals surface area contributed by atoms with Crippen molar-refractivity contribution in [2.45, 2.75) is 33.1 Å². The summed E-state index contributed by atoms with van der Waals surface area (Å²) in [5, 5.41) is 5.58. The number of anilines is 2. The molecule has 2 rings (SSSR count). The first-order valence-corrected chi connectivity index (χ1v) is 12.7. The fraction of sp³-hybridized carbons (Fsp3) is 0.417. The zero-order valence-electron chi connectivity index (χ0n) is 19.7. The van der Waals surface area contributed by atoms with E-state index in [2.05, 4.69) is 10.6 Å². The second kappa shape index (κ2) is 12.4. The molecule has 0 saturated carbocycles. The molecule has 2 amide bonds. The van der Waals surface area contributed by atoms with Crippen LogP contribution < -0.4 is 14.9 Å². The molecule has 0 aliphatic rings. The number of nitrogens with one attached hydrogen (secondary N) is 2. The number of para-hydroxylation sites is 1. The Labute approximate surface area is 196 Å². The van der Waals surface area contributed by atoms with Gasteiger partial charge in [0.1, 0.15) is 0 Å². The van der Waals surface area contributed by atoms with Crippen LogP contribution >= 0.6 is 0 Å². The highest BCUT2D eigenvalue weighted by molar-refractivity contribution is 7.92. The van der Waals surface area contributed by atoms with Crippen molar-refractivity contribution in [2.24, 2.45) is 0 Å². The van der Waals surface area contributed by atoms with Crippen LogP contribution in [-0.4, -0.2) is 53.3 Å². The molecule has 2 aromatic carbocycles. The number of aryl methyl sites for hydroxylation is 2. The molecule has 8 nitrogen and oxygen atoms in total. The number of hydrogen-bond donors (Lipinski definition) is 2. The Balaban J connectivity index is 1.99. The zero-order valence-corrected chi connectivity index (χ0v) is 20.5. The lowest BCUT2D eigenvalue weighted by Gasteiger charge is -2.23. The van der Waals surface area contributed by atoms with Crippen LogP contribution in [0, 0.1) is 13.8 Å². The van der Waals surface area contributed by atoms with Crippen LogP contribution in [0.4, 0.5) is 11.4 Å². The molecule has 0 fully saturated rings. The largest absolute Gasteiger partial charge is 0.385 e. The lowest BCUT2D eigenvalue weighted by atomic mass is 10.1. The Kier molecular flexibility index (Phi) is 9.87. The molecule has 2 N–H and O–H groups in total. The van der Waals surface area contributed by atoms with E-state index >= 15 is 0 Å². The Morgan fingerprint density at radius 1 is 1.03 bits per heavy atom. The standard InChI is InChI=1S/C24H33N3O5S/c1-18-15-19(2)17-20(16-18)27(33(4,30)31)13-7-11-23(28)26-22-10-6-5-9-21(22)24(29)25-12-8-14-32-3/h5-6,9-10,15-17H,7-8,11-14H2,1-4H3,(H,25,29)(H,26,28). The van der Waals surface area contributed by atoms with Gasteiger partial charge in [-0.25, -0.2) is 8.42 Å². The molecular formula is C24H33N3O5S. The normalized spacial score (nSPS) is 11.2. The Bertz CT molecular complexity index is 1050. The molecule has 0 heterocycles. The number of methoxy groups -OCH3 is 1. The van der Waals surface area contributed by atoms with Gasteiger partial charge >= 0.3 is 0 Å². The van der Waals surface area contributed by atoms with E-state index in [-0.39, 0.29) is 24.8 Å². The summed E-state index contributed by atoms with van der Waals surface area (Å²) in [6, 6.07) is 12.4. The number of hydrogen-bond acceptors (Lipinski definition) is 5. The first-order chi connectivity index (χ1) is 15.6. The number of ether oxygens (including phenoxy) is 1. The summed E-state index contributed by atoms with van der Waals surface area (Å²) >= 11 is 0. The van der Waals surface area contributed by atoms with E-state index in [4.69, 9.17) is 4.74 Å². The van der Waals surface area contributed by atoms with E-state index in [0.29, 0.717) is 42.9 Å². The number of benzene rings is 2. The minimum absolute atomic E-state index is 0.112. The summed E-state index contributed by atoms with van der Waals surface area (Å²) in [6.45, 7) is 5.02. The maximum Gasteiger partial charge on any atom is 0.253 e. The second-order valence-corrected chi connectivity index (χ2v) is 9.89. The van der Waals surface area contributed by atoms with E-state index in [9.17, 15) is 18.0 Å². The maximum atomic E-state index is 12.5. The van der Waals surface area contributed by atoms with Gasteiger partial charge in [-0.05, 0) is 62.1 Å². The quantitative estimate of drug-likeness (QED) is 0.459. The van der Waals surface area contributed by atoms with Crippen molar-refractivity contribution < 1.29 is 22.7 Å². The molecule has 0 saturated heterocycles. The van der Waals surface area contributed by atoms with Crippen LogP contribution in [0.3, 0.4) is 0 Å². The fourth-order valence-corrected chi connectivity index (χ4v) is 4.43. The van der Waals surface area contributed by atoms with Crippen LogP contribution in [-0.2, 0) is 19.6 Å². The van der Waals surface area contributed by atoms with Crippen LogP contribution in [0.5, 0.6) is 0 Å². The smallest absolute Gasteiger partial charge is 0.253 e. The van der Waals surface area contributed by atoms with Crippen molar-refractivity contribution in [3.8, 4) is 0 Å². The van der Waals surface area contributed by atoms with Crippen LogP contribution in [0.2, 0.25) is 0 Å². The topological polar surface area (TPSA) is 105 Å². The molecule has 0 aliphatic carbocycles. The van der Waals surface area contributed by atoms with Gasteiger partial charge in [0.2, 0.25) is 15.9 Å². The van der Waals surface area contributed by atoms with Gasteiger partial charge in [0, 0.05) is 33.2 Å². The molecule has 0 unspecified atom stereocenters. The highest BCUT2D eigenvalue weighted by Gasteiger charge is 2.19. The van der Waals surface area contributed by atoms with Crippen molar-refractivity contribution in [3.63, 3.8) is 0 Å². The molecule has 0 radical (unpaired) electrons. The lowest BCUT2D eigenvalue weighted by Crippen LogP contribution is -2.31. The highest BCUT2D eigenvalue weighted by atomic mass is 32.2. The Hall–Kier alpha value is -2.91. The van der Waals surface area contributed by atoms with Gasteiger partial charge in [-0.1, -0.05) is 18.2 Å². The number of carbonyl (C=O) groups excluding carboxylic acids is 2. The lowest BCUT2D eigenvalue weighted by molar-refractivity contribution is -0.116. The Morgan fingerprint density at radius 3 is 2.33 bits per heavy atom. The van der Waals surface area contributed by atoms with E-state index in [1.165, 1.54) is 4.31 Å². The monoisotopic (exact) mass is 475 g/mol. The Morgan fingerprint density at radius 2 is 1.70 bits per heavy atom. The number of carbonyl (C=O) groups is 2. The predicted octanol–water partition coefficient (Wildman–Crippen LogP) is 3.25. The van der Waals surface area contributed by atoms with Gasteiger partial charge in [0.05, 0.1) is 23.2 Å². The number of nitrogens with zero attached hydrogens (tertiary/aromatic N) is 1. The predicted molar refractivity (Wildman–Crippen MR) is 131 cm³/mol. The van der Waals surface area contributed by atoms with Gasteiger partial charge in [-0.3, -0.25) is 13.9 Å². The van der Waals surface area contributed by atoms with E-state index in [0.717, 1.165) is 17.4 Å². The number of rotatable bonds is 12. The van der Waals surface area contributed by atoms with Gasteiger partial charge in [-0.15, -0.1) is 0 Å². The number of amides is 2. The average molecular weight is 476 g/mol. The first-order valence-electron chi connectivity index (χ1n) is 10.8. The molecule has 33 heavy (non-hydrogen) atoms. The molecule has 180 valence electrons. The highest BCUT2D eigenvalue weighted by Crippen LogP contribution is 2.22. The summed E-state index contributed by atoms with van der Waals surface area (Å²) in [5.41, 5.74) is 3.31. The van der Waals surface area contributed by atoms with Crippen molar-refractivity contribution in [3.05, 3.63) is 59.2 Å². The van der Waals surface area contributed by atoms with Gasteiger partial charge in [0.15, 0.2) is 0 Å².